The van der Waals surface area contributed by atoms with Crippen molar-refractivity contribution in [2.45, 2.75) is 20.0 Å². The van der Waals surface area contributed by atoms with Crippen LogP contribution in [0, 0.1) is 11.6 Å². The van der Waals surface area contributed by atoms with E-state index >= 15 is 0 Å². The summed E-state index contributed by atoms with van der Waals surface area (Å²) in [6.07, 6.45) is 0.848. The number of fused-ring (bicyclic) bond motifs is 1. The second-order valence-electron chi connectivity index (χ2n) is 4.31. The monoisotopic (exact) mass is 259 g/mol. The Kier molecular flexibility index (Phi) is 2.93. The highest BCUT2D eigenvalue weighted by Crippen LogP contribution is 2.19. The lowest BCUT2D eigenvalue weighted by molar-refractivity contribution is 0.108. The van der Waals surface area contributed by atoms with E-state index in [1.165, 1.54) is 0 Å². The van der Waals surface area contributed by atoms with Crippen LogP contribution in [-0.4, -0.2) is 21.6 Å². The minimum Gasteiger partial charge on any atom is -0.376 e. The molecule has 3 rings (SSSR count). The van der Waals surface area contributed by atoms with Crippen LogP contribution in [0.4, 0.5) is 0 Å². The van der Waals surface area contributed by atoms with E-state index in [0.29, 0.717) is 11.2 Å². The van der Waals surface area contributed by atoms with Crippen LogP contribution in [-0.2, 0) is 17.8 Å². The van der Waals surface area contributed by atoms with E-state index in [1.807, 2.05) is 25.1 Å². The number of aryl methyl sites for hydroxylation is 1. The first-order chi connectivity index (χ1) is 8.74. The van der Waals surface area contributed by atoms with Crippen LogP contribution in [0.5, 0.6) is 0 Å². The predicted molar refractivity (Wildman–Crippen MR) is 70.7 cm³/mol. The number of nitrogens with zero attached hydrogens (tertiary/aromatic N) is 2. The lowest BCUT2D eigenvalue weighted by atomic mass is 10.1. The summed E-state index contributed by atoms with van der Waals surface area (Å²) >= 11 is 5.32. The lowest BCUT2D eigenvalue weighted by Crippen LogP contribution is -2.14. The van der Waals surface area contributed by atoms with E-state index in [1.54, 1.807) is 0 Å². The number of hydrogen-bond acceptors (Lipinski definition) is 4. The van der Waals surface area contributed by atoms with Gasteiger partial charge in [-0.25, -0.2) is 9.97 Å². The topological polar surface area (TPSA) is 50.8 Å². The normalized spacial score (nSPS) is 14.3. The van der Waals surface area contributed by atoms with E-state index in [9.17, 15) is 0 Å². The third kappa shape index (κ3) is 2.07. The standard InChI is InChI=1S/C13H13N3OS/c1-8-3-2-4-11(14-8)12-15-10-5-6-17-7-9(10)13(18)16-12/h2-4H,5-7H2,1H3,(H,15,16,18). The van der Waals surface area contributed by atoms with Crippen LogP contribution in [0.25, 0.3) is 11.5 Å². The Morgan fingerprint density at radius 3 is 3.06 bits per heavy atom. The van der Waals surface area contributed by atoms with E-state index in [4.69, 9.17) is 17.0 Å². The Balaban J connectivity index is 2.14. The molecule has 1 aliphatic heterocycles. The van der Waals surface area contributed by atoms with Gasteiger partial charge in [-0.3, -0.25) is 0 Å². The first-order valence-corrected chi connectivity index (χ1v) is 6.29. The van der Waals surface area contributed by atoms with Crippen molar-refractivity contribution in [1.29, 1.82) is 0 Å². The molecule has 18 heavy (non-hydrogen) atoms. The first kappa shape index (κ1) is 11.5. The number of nitrogens with one attached hydrogen (secondary N) is 1. The summed E-state index contributed by atoms with van der Waals surface area (Å²) in [7, 11) is 0. The highest BCUT2D eigenvalue weighted by atomic mass is 32.1. The van der Waals surface area contributed by atoms with Crippen molar-refractivity contribution < 1.29 is 4.74 Å². The average Bonchev–Trinajstić information content (AvgIpc) is 2.39. The van der Waals surface area contributed by atoms with Gasteiger partial charge >= 0.3 is 0 Å². The van der Waals surface area contributed by atoms with Gasteiger partial charge in [0, 0.05) is 23.4 Å². The maximum Gasteiger partial charge on any atom is 0.157 e. The third-order valence-electron chi connectivity index (χ3n) is 2.98. The summed E-state index contributed by atoms with van der Waals surface area (Å²) in [4.78, 5) is 12.2. The smallest absolute Gasteiger partial charge is 0.157 e. The Hall–Kier alpha value is -1.59. The quantitative estimate of drug-likeness (QED) is 0.800. The zero-order valence-corrected chi connectivity index (χ0v) is 10.9. The predicted octanol–water partition coefficient (Wildman–Crippen LogP) is 2.58. The molecule has 2 aromatic heterocycles. The molecule has 4 nitrogen and oxygen atoms in total. The van der Waals surface area contributed by atoms with Crippen LogP contribution >= 0.6 is 12.2 Å². The number of aromatic nitrogens is 3. The number of H-pyrrole nitrogens is 1. The second-order valence-corrected chi connectivity index (χ2v) is 4.70. The van der Waals surface area contributed by atoms with E-state index < -0.39 is 0 Å². The summed E-state index contributed by atoms with van der Waals surface area (Å²) in [6, 6.07) is 5.87. The van der Waals surface area contributed by atoms with Gasteiger partial charge in [0.15, 0.2) is 5.82 Å². The molecule has 0 aromatic carbocycles. The molecule has 0 fully saturated rings. The van der Waals surface area contributed by atoms with Gasteiger partial charge in [0.25, 0.3) is 0 Å². The second kappa shape index (κ2) is 4.59. The van der Waals surface area contributed by atoms with Gasteiger partial charge < -0.3 is 9.72 Å². The van der Waals surface area contributed by atoms with Crippen LogP contribution in [0.3, 0.4) is 0 Å². The van der Waals surface area contributed by atoms with Crippen LogP contribution in [0.1, 0.15) is 17.0 Å². The number of aromatic amines is 1. The van der Waals surface area contributed by atoms with Crippen molar-refractivity contribution in [2.75, 3.05) is 6.61 Å². The zero-order chi connectivity index (χ0) is 12.5. The van der Waals surface area contributed by atoms with Gasteiger partial charge in [-0.1, -0.05) is 18.3 Å². The first-order valence-electron chi connectivity index (χ1n) is 5.88. The SMILES string of the molecule is Cc1cccc(-c2nc(=S)c3c([nH]2)CCOC3)n1. The fraction of sp³-hybridized carbons (Fsp3) is 0.308. The molecule has 0 aliphatic carbocycles. The third-order valence-corrected chi connectivity index (χ3v) is 3.32. The van der Waals surface area contributed by atoms with Gasteiger partial charge in [0.1, 0.15) is 10.3 Å². The van der Waals surface area contributed by atoms with Crippen molar-refractivity contribution in [3.8, 4) is 11.5 Å². The molecule has 0 bridgehead atoms. The molecular formula is C13H13N3OS. The summed E-state index contributed by atoms with van der Waals surface area (Å²) in [6.45, 7) is 3.24. The van der Waals surface area contributed by atoms with Gasteiger partial charge in [-0.15, -0.1) is 0 Å². The van der Waals surface area contributed by atoms with Crippen molar-refractivity contribution in [2.24, 2.45) is 0 Å². The maximum atomic E-state index is 5.40. The average molecular weight is 259 g/mol. The maximum absolute atomic E-state index is 5.40. The molecule has 3 heterocycles. The molecule has 2 aromatic rings. The van der Waals surface area contributed by atoms with Crippen molar-refractivity contribution in [3.05, 3.63) is 39.8 Å². The number of pyridine rings is 1. The molecule has 0 amide bonds. The molecule has 0 radical (unpaired) electrons. The Morgan fingerprint density at radius 2 is 2.22 bits per heavy atom. The van der Waals surface area contributed by atoms with Gasteiger partial charge in [-0.05, 0) is 19.1 Å². The molecule has 0 saturated heterocycles. The molecule has 1 aliphatic rings. The van der Waals surface area contributed by atoms with Crippen molar-refractivity contribution >= 4 is 12.2 Å². The molecule has 0 spiro atoms. The largest absolute Gasteiger partial charge is 0.376 e. The Labute approximate surface area is 110 Å². The van der Waals surface area contributed by atoms with E-state index in [0.717, 1.165) is 41.5 Å². The summed E-state index contributed by atoms with van der Waals surface area (Å²) < 4.78 is 6.01. The van der Waals surface area contributed by atoms with Crippen LogP contribution in [0.2, 0.25) is 0 Å². The highest BCUT2D eigenvalue weighted by Gasteiger charge is 2.14. The molecule has 5 heteroatoms. The lowest BCUT2D eigenvalue weighted by Gasteiger charge is -2.16. The fourth-order valence-corrected chi connectivity index (χ4v) is 2.32. The molecule has 0 saturated carbocycles. The molecule has 1 N–H and O–H groups in total. The van der Waals surface area contributed by atoms with Crippen LogP contribution in [0.15, 0.2) is 18.2 Å². The Morgan fingerprint density at radius 1 is 1.33 bits per heavy atom. The summed E-state index contributed by atoms with van der Waals surface area (Å²) in [5.74, 6) is 0.740. The van der Waals surface area contributed by atoms with Crippen molar-refractivity contribution in [3.63, 3.8) is 0 Å². The van der Waals surface area contributed by atoms with Gasteiger partial charge in [-0.2, -0.15) is 0 Å². The molecule has 0 unspecified atom stereocenters. The number of rotatable bonds is 1. The van der Waals surface area contributed by atoms with E-state index in [-0.39, 0.29) is 0 Å². The molecule has 0 atom stereocenters. The molecule has 92 valence electrons. The molecular weight excluding hydrogens is 246 g/mol. The highest BCUT2D eigenvalue weighted by molar-refractivity contribution is 7.71. The Bertz CT molecular complexity index is 651. The van der Waals surface area contributed by atoms with Crippen molar-refractivity contribution in [1.82, 2.24) is 15.0 Å². The summed E-state index contributed by atoms with van der Waals surface area (Å²) in [5.41, 5.74) is 3.93. The number of ether oxygens (including phenoxy) is 1. The van der Waals surface area contributed by atoms with Crippen LogP contribution < -0.4 is 0 Å². The van der Waals surface area contributed by atoms with Gasteiger partial charge in [0.05, 0.1) is 13.2 Å². The van der Waals surface area contributed by atoms with Gasteiger partial charge in [0.2, 0.25) is 0 Å². The summed E-state index contributed by atoms with van der Waals surface area (Å²) in [5, 5.41) is 0. The fourth-order valence-electron chi connectivity index (χ4n) is 2.05. The zero-order valence-electron chi connectivity index (χ0n) is 10.1. The van der Waals surface area contributed by atoms with E-state index in [2.05, 4.69) is 15.0 Å². The number of hydrogen-bond donors (Lipinski definition) is 1. The minimum atomic E-state index is 0.555. The minimum absolute atomic E-state index is 0.555.